The van der Waals surface area contributed by atoms with Gasteiger partial charge in [-0.1, -0.05) is 84.4 Å². The van der Waals surface area contributed by atoms with E-state index in [2.05, 4.69) is 5.32 Å². The summed E-state index contributed by atoms with van der Waals surface area (Å²) in [6.07, 6.45) is 0. The molecule has 5 heteroatoms. The maximum Gasteiger partial charge on any atom is 0.218 e. The molecule has 2 unspecified atom stereocenters. The number of hydrogen-bond acceptors (Lipinski definition) is 3. The first-order chi connectivity index (χ1) is 14.3. The number of sulfonamides is 1. The van der Waals surface area contributed by atoms with Crippen molar-refractivity contribution < 1.29 is 8.42 Å². The van der Waals surface area contributed by atoms with E-state index in [0.717, 1.165) is 27.8 Å². The number of nitrogens with one attached hydrogen (secondary N) is 1. The molecule has 0 radical (unpaired) electrons. The molecular weight excluding hydrogens is 392 g/mol. The monoisotopic (exact) mass is 422 g/mol. The molecule has 0 saturated heterocycles. The second kappa shape index (κ2) is 9.56. The zero-order valence-corrected chi connectivity index (χ0v) is 18.9. The quantitative estimate of drug-likeness (QED) is 0.569. The summed E-state index contributed by atoms with van der Waals surface area (Å²) in [6.45, 7) is 3.94. The van der Waals surface area contributed by atoms with Gasteiger partial charge in [0, 0.05) is 7.05 Å². The first-order valence-electron chi connectivity index (χ1n) is 10.1. The van der Waals surface area contributed by atoms with E-state index in [9.17, 15) is 8.42 Å². The van der Waals surface area contributed by atoms with Gasteiger partial charge in [-0.2, -0.15) is 4.31 Å². The SMILES string of the molecule is CNC(c1ccccc1)C(c1ccccc1)N(C)S(=O)(=O)Cc1cc(C)ccc1C. The molecule has 0 fully saturated rings. The summed E-state index contributed by atoms with van der Waals surface area (Å²) in [6, 6.07) is 25.2. The molecular formula is C25H30N2O2S. The van der Waals surface area contributed by atoms with Gasteiger partial charge in [-0.3, -0.25) is 0 Å². The minimum atomic E-state index is -3.57. The van der Waals surface area contributed by atoms with E-state index in [-0.39, 0.29) is 17.8 Å². The molecule has 1 N–H and O–H groups in total. The van der Waals surface area contributed by atoms with E-state index in [4.69, 9.17) is 0 Å². The lowest BCUT2D eigenvalue weighted by Crippen LogP contribution is -2.39. The van der Waals surface area contributed by atoms with E-state index in [1.165, 1.54) is 4.31 Å². The Morgan fingerprint density at radius 2 is 1.43 bits per heavy atom. The molecule has 0 heterocycles. The van der Waals surface area contributed by atoms with Crippen LogP contribution in [-0.2, 0) is 15.8 Å². The Morgan fingerprint density at radius 3 is 2.00 bits per heavy atom. The predicted molar refractivity (Wildman–Crippen MR) is 124 cm³/mol. The van der Waals surface area contributed by atoms with Gasteiger partial charge in [0.25, 0.3) is 0 Å². The van der Waals surface area contributed by atoms with E-state index in [1.807, 2.05) is 99.8 Å². The van der Waals surface area contributed by atoms with Crippen molar-refractivity contribution in [3.05, 3.63) is 107 Å². The van der Waals surface area contributed by atoms with Gasteiger partial charge in [0.2, 0.25) is 10.0 Å². The summed E-state index contributed by atoms with van der Waals surface area (Å²) in [7, 11) is -0.0100. The molecule has 0 bridgehead atoms. The molecule has 3 aromatic carbocycles. The second-order valence-corrected chi connectivity index (χ2v) is 9.76. The number of benzene rings is 3. The third kappa shape index (κ3) is 4.98. The van der Waals surface area contributed by atoms with Gasteiger partial charge in [0.1, 0.15) is 0 Å². The first-order valence-corrected chi connectivity index (χ1v) is 11.7. The Morgan fingerprint density at radius 1 is 0.867 bits per heavy atom. The number of hydrogen-bond donors (Lipinski definition) is 1. The Kier molecular flexibility index (Phi) is 7.08. The second-order valence-electron chi connectivity index (χ2n) is 7.73. The minimum absolute atomic E-state index is 0.0223. The lowest BCUT2D eigenvalue weighted by molar-refractivity contribution is 0.301. The van der Waals surface area contributed by atoms with Crippen LogP contribution >= 0.6 is 0 Å². The summed E-state index contributed by atoms with van der Waals surface area (Å²) >= 11 is 0. The van der Waals surface area contributed by atoms with Crippen molar-refractivity contribution >= 4 is 10.0 Å². The highest BCUT2D eigenvalue weighted by atomic mass is 32.2. The van der Waals surface area contributed by atoms with Gasteiger partial charge in [-0.25, -0.2) is 8.42 Å². The first kappa shape index (κ1) is 22.2. The molecule has 0 aromatic heterocycles. The highest BCUT2D eigenvalue weighted by molar-refractivity contribution is 7.88. The van der Waals surface area contributed by atoms with E-state index in [0.29, 0.717) is 0 Å². The van der Waals surface area contributed by atoms with Crippen LogP contribution in [0, 0.1) is 13.8 Å². The van der Waals surface area contributed by atoms with Crippen LogP contribution in [-0.4, -0.2) is 26.8 Å². The van der Waals surface area contributed by atoms with Crippen molar-refractivity contribution in [3.63, 3.8) is 0 Å². The van der Waals surface area contributed by atoms with Crippen molar-refractivity contribution in [1.29, 1.82) is 0 Å². The Labute approximate surface area is 180 Å². The van der Waals surface area contributed by atoms with E-state index in [1.54, 1.807) is 7.05 Å². The lowest BCUT2D eigenvalue weighted by atomic mass is 9.93. The number of aryl methyl sites for hydroxylation is 2. The van der Waals surface area contributed by atoms with Crippen LogP contribution in [0.3, 0.4) is 0 Å². The summed E-state index contributed by atoms with van der Waals surface area (Å²) in [5.74, 6) is -0.0223. The largest absolute Gasteiger partial charge is 0.311 e. The molecule has 0 amide bonds. The number of rotatable bonds is 8. The molecule has 158 valence electrons. The van der Waals surface area contributed by atoms with Crippen molar-refractivity contribution in [2.75, 3.05) is 14.1 Å². The topological polar surface area (TPSA) is 49.4 Å². The zero-order chi connectivity index (χ0) is 21.7. The predicted octanol–water partition coefficient (Wildman–Crippen LogP) is 4.77. The van der Waals surface area contributed by atoms with Crippen LogP contribution in [0.15, 0.2) is 78.9 Å². The van der Waals surface area contributed by atoms with Crippen molar-refractivity contribution in [3.8, 4) is 0 Å². The van der Waals surface area contributed by atoms with Crippen LogP contribution < -0.4 is 5.32 Å². The van der Waals surface area contributed by atoms with Gasteiger partial charge in [-0.05, 0) is 43.1 Å². The molecule has 2 atom stereocenters. The summed E-state index contributed by atoms with van der Waals surface area (Å²) in [4.78, 5) is 0. The third-order valence-electron chi connectivity index (χ3n) is 5.60. The van der Waals surface area contributed by atoms with Crippen molar-refractivity contribution in [2.45, 2.75) is 31.7 Å². The molecule has 3 rings (SSSR count). The number of likely N-dealkylation sites (N-methyl/N-ethyl adjacent to an activating group) is 2. The Balaban J connectivity index is 2.03. The van der Waals surface area contributed by atoms with Crippen molar-refractivity contribution in [2.24, 2.45) is 0 Å². The molecule has 0 saturated carbocycles. The summed E-state index contributed by atoms with van der Waals surface area (Å²) < 4.78 is 28.6. The lowest BCUT2D eigenvalue weighted by Gasteiger charge is -2.35. The fraction of sp³-hybridized carbons (Fsp3) is 0.280. The average Bonchev–Trinajstić information content (AvgIpc) is 2.75. The van der Waals surface area contributed by atoms with E-state index >= 15 is 0 Å². The molecule has 0 spiro atoms. The highest BCUT2D eigenvalue weighted by Crippen LogP contribution is 2.35. The van der Waals surface area contributed by atoms with Crippen LogP contribution in [0.1, 0.15) is 39.9 Å². The normalized spacial score (nSPS) is 13.9. The van der Waals surface area contributed by atoms with Crippen molar-refractivity contribution in [1.82, 2.24) is 9.62 Å². The van der Waals surface area contributed by atoms with Crippen LogP contribution in [0.4, 0.5) is 0 Å². The van der Waals surface area contributed by atoms with Gasteiger partial charge in [0.05, 0.1) is 17.8 Å². The summed E-state index contributed by atoms with van der Waals surface area (Å²) in [5, 5.41) is 3.35. The van der Waals surface area contributed by atoms with Gasteiger partial charge >= 0.3 is 0 Å². The van der Waals surface area contributed by atoms with Crippen LogP contribution in [0.2, 0.25) is 0 Å². The van der Waals surface area contributed by atoms with Gasteiger partial charge < -0.3 is 5.32 Å². The van der Waals surface area contributed by atoms with Crippen LogP contribution in [0.5, 0.6) is 0 Å². The fourth-order valence-electron chi connectivity index (χ4n) is 3.86. The van der Waals surface area contributed by atoms with E-state index < -0.39 is 10.0 Å². The Hall–Kier alpha value is -2.47. The maximum absolute atomic E-state index is 13.5. The van der Waals surface area contributed by atoms with Crippen LogP contribution in [0.25, 0.3) is 0 Å². The minimum Gasteiger partial charge on any atom is -0.311 e. The molecule has 4 nitrogen and oxygen atoms in total. The standard InChI is InChI=1S/C25H30N2O2S/c1-19-15-16-20(2)23(17-19)18-30(28,29)27(4)25(22-13-9-6-10-14-22)24(26-3)21-11-7-5-8-12-21/h5-17,24-26H,18H2,1-4H3. The highest BCUT2D eigenvalue weighted by Gasteiger charge is 2.34. The molecule has 3 aromatic rings. The average molecular weight is 423 g/mol. The fourth-order valence-corrected chi connectivity index (χ4v) is 5.35. The molecule has 0 aliphatic rings. The molecule has 0 aliphatic carbocycles. The molecule has 30 heavy (non-hydrogen) atoms. The smallest absolute Gasteiger partial charge is 0.218 e. The number of nitrogens with zero attached hydrogens (tertiary/aromatic N) is 1. The zero-order valence-electron chi connectivity index (χ0n) is 18.0. The van der Waals surface area contributed by atoms with Gasteiger partial charge in [0.15, 0.2) is 0 Å². The Bertz CT molecular complexity index is 1070. The maximum atomic E-state index is 13.5. The van der Waals surface area contributed by atoms with Gasteiger partial charge in [-0.15, -0.1) is 0 Å². The molecule has 0 aliphatic heterocycles. The summed E-state index contributed by atoms with van der Waals surface area (Å²) in [5.41, 5.74) is 4.89. The third-order valence-corrected chi connectivity index (χ3v) is 7.38.